The largest absolute Gasteiger partial charge is 0.478 e. The van der Waals surface area contributed by atoms with Crippen molar-refractivity contribution in [3.8, 4) is 0 Å². The average Bonchev–Trinajstić information content (AvgIpc) is 2.68. The van der Waals surface area contributed by atoms with Crippen LogP contribution in [0.2, 0.25) is 0 Å². The molecule has 120 valence electrons. The van der Waals surface area contributed by atoms with Gasteiger partial charge in [0.15, 0.2) is 0 Å². The van der Waals surface area contributed by atoms with E-state index in [1.165, 1.54) is 6.92 Å². The van der Waals surface area contributed by atoms with Gasteiger partial charge >= 0.3 is 5.97 Å². The molecular formula is C16H27NO4. The molecule has 0 aliphatic heterocycles. The normalized spacial score (nSPS) is 15.5. The first-order valence-electron chi connectivity index (χ1n) is 7.17. The summed E-state index contributed by atoms with van der Waals surface area (Å²) < 4.78 is 5.28. The lowest BCUT2D eigenvalue weighted by Crippen LogP contribution is -2.18. The zero-order valence-electron chi connectivity index (χ0n) is 13.6. The quantitative estimate of drug-likeness (QED) is 0.836. The number of carboxylic acids is 1. The van der Waals surface area contributed by atoms with Crippen LogP contribution in [-0.2, 0) is 14.3 Å². The highest BCUT2D eigenvalue weighted by atomic mass is 16.5. The highest BCUT2D eigenvalue weighted by molar-refractivity contribution is 5.90. The Kier molecular flexibility index (Phi) is 14.8. The van der Waals surface area contributed by atoms with Gasteiger partial charge in [-0.05, 0) is 26.0 Å². The molecule has 1 amide bonds. The monoisotopic (exact) mass is 297 g/mol. The van der Waals surface area contributed by atoms with Crippen LogP contribution in [0.4, 0.5) is 0 Å². The minimum Gasteiger partial charge on any atom is -0.478 e. The van der Waals surface area contributed by atoms with E-state index in [1.54, 1.807) is 24.3 Å². The Morgan fingerprint density at radius 1 is 1.29 bits per heavy atom. The van der Waals surface area contributed by atoms with Crippen LogP contribution in [0.1, 0.15) is 34.6 Å². The van der Waals surface area contributed by atoms with Gasteiger partial charge in [0.25, 0.3) is 0 Å². The third-order valence-electron chi connectivity index (χ3n) is 2.06. The van der Waals surface area contributed by atoms with Crippen LogP contribution in [0, 0.1) is 0 Å². The summed E-state index contributed by atoms with van der Waals surface area (Å²) in [6.07, 6.45) is 8.21. The van der Waals surface area contributed by atoms with Crippen molar-refractivity contribution in [2.24, 2.45) is 0 Å². The summed E-state index contributed by atoms with van der Waals surface area (Å²) in [6.45, 7) is 10.6. The van der Waals surface area contributed by atoms with Crippen molar-refractivity contribution in [1.29, 1.82) is 0 Å². The molecule has 0 aromatic carbocycles. The van der Waals surface area contributed by atoms with Crippen LogP contribution in [0.3, 0.4) is 0 Å². The van der Waals surface area contributed by atoms with Gasteiger partial charge in [-0.2, -0.15) is 0 Å². The maximum Gasteiger partial charge on any atom is 0.335 e. The van der Waals surface area contributed by atoms with E-state index >= 15 is 0 Å². The molecule has 1 atom stereocenters. The summed E-state index contributed by atoms with van der Waals surface area (Å²) in [4.78, 5) is 20.6. The molecule has 0 heterocycles. The van der Waals surface area contributed by atoms with Gasteiger partial charge in [-0.3, -0.25) is 4.79 Å². The topological polar surface area (TPSA) is 75.6 Å². The molecule has 1 unspecified atom stereocenters. The molecule has 5 heteroatoms. The Bertz CT molecular complexity index is 384. The standard InChI is InChI=1S/C10H12O3.C4H9NO.C2H6/c1-2-13-9-6-4-3-5-8(7-9)10(11)12;1-3-5-4(2)6;1-2/h3-7,9H,2H2,1H3,(H,11,12);3H2,1-2H3,(H,5,6);1-2H3. The van der Waals surface area contributed by atoms with Gasteiger partial charge in [0.05, 0.1) is 11.7 Å². The maximum atomic E-state index is 10.7. The molecule has 0 saturated carbocycles. The first-order chi connectivity index (χ1) is 10.0. The van der Waals surface area contributed by atoms with E-state index in [1.807, 2.05) is 33.8 Å². The second kappa shape index (κ2) is 14.5. The molecule has 0 bridgehead atoms. The Balaban J connectivity index is 0. The summed E-state index contributed by atoms with van der Waals surface area (Å²) in [6, 6.07) is 0. The summed E-state index contributed by atoms with van der Waals surface area (Å²) in [7, 11) is 0. The minimum absolute atomic E-state index is 0.0394. The predicted octanol–water partition coefficient (Wildman–Crippen LogP) is 2.70. The highest BCUT2D eigenvalue weighted by Gasteiger charge is 2.08. The predicted molar refractivity (Wildman–Crippen MR) is 85.1 cm³/mol. The number of rotatable bonds is 4. The SMILES string of the molecule is CC.CCNC(C)=O.CCOC1C=CC=CC(C(=O)O)=C1. The third kappa shape index (κ3) is 12.9. The van der Waals surface area contributed by atoms with Crippen LogP contribution >= 0.6 is 0 Å². The smallest absolute Gasteiger partial charge is 0.335 e. The van der Waals surface area contributed by atoms with Crippen LogP contribution in [0.15, 0.2) is 36.0 Å². The van der Waals surface area contributed by atoms with Gasteiger partial charge in [0, 0.05) is 20.1 Å². The fraction of sp³-hybridized carbons (Fsp3) is 0.500. The molecule has 0 radical (unpaired) electrons. The van der Waals surface area contributed by atoms with E-state index in [9.17, 15) is 9.59 Å². The van der Waals surface area contributed by atoms with Crippen molar-refractivity contribution in [2.45, 2.75) is 40.7 Å². The van der Waals surface area contributed by atoms with Crippen molar-refractivity contribution in [2.75, 3.05) is 13.2 Å². The molecule has 0 spiro atoms. The first-order valence-corrected chi connectivity index (χ1v) is 7.17. The number of hydrogen-bond donors (Lipinski definition) is 2. The van der Waals surface area contributed by atoms with Crippen molar-refractivity contribution in [1.82, 2.24) is 5.32 Å². The molecule has 0 aromatic heterocycles. The van der Waals surface area contributed by atoms with Crippen LogP contribution < -0.4 is 5.32 Å². The summed E-state index contributed by atoms with van der Waals surface area (Å²) in [5.74, 6) is -0.887. The molecule has 5 nitrogen and oxygen atoms in total. The van der Waals surface area contributed by atoms with Gasteiger partial charge < -0.3 is 15.2 Å². The van der Waals surface area contributed by atoms with Crippen molar-refractivity contribution >= 4 is 11.9 Å². The fourth-order valence-corrected chi connectivity index (χ4v) is 1.31. The van der Waals surface area contributed by atoms with E-state index in [0.29, 0.717) is 6.61 Å². The lowest BCUT2D eigenvalue weighted by Gasteiger charge is -2.06. The summed E-state index contributed by atoms with van der Waals surface area (Å²) in [5, 5.41) is 11.3. The van der Waals surface area contributed by atoms with E-state index in [2.05, 4.69) is 5.32 Å². The minimum atomic E-state index is -0.926. The molecular weight excluding hydrogens is 270 g/mol. The molecule has 0 aromatic rings. The van der Waals surface area contributed by atoms with Crippen LogP contribution in [0.5, 0.6) is 0 Å². The fourth-order valence-electron chi connectivity index (χ4n) is 1.31. The number of aliphatic carboxylic acids is 1. The highest BCUT2D eigenvalue weighted by Crippen LogP contribution is 2.08. The van der Waals surface area contributed by atoms with Gasteiger partial charge in [0.2, 0.25) is 5.91 Å². The molecule has 2 N–H and O–H groups in total. The third-order valence-corrected chi connectivity index (χ3v) is 2.06. The Morgan fingerprint density at radius 3 is 2.29 bits per heavy atom. The second-order valence-corrected chi connectivity index (χ2v) is 3.68. The van der Waals surface area contributed by atoms with Gasteiger partial charge in [-0.25, -0.2) is 4.79 Å². The second-order valence-electron chi connectivity index (χ2n) is 3.68. The van der Waals surface area contributed by atoms with E-state index in [0.717, 1.165) is 6.54 Å². The van der Waals surface area contributed by atoms with Crippen molar-refractivity contribution in [3.05, 3.63) is 36.0 Å². The molecule has 21 heavy (non-hydrogen) atoms. The lowest BCUT2D eigenvalue weighted by atomic mass is 10.2. The summed E-state index contributed by atoms with van der Waals surface area (Å²) >= 11 is 0. The number of amides is 1. The number of nitrogens with one attached hydrogen (secondary N) is 1. The number of hydrogen-bond acceptors (Lipinski definition) is 3. The average molecular weight is 297 g/mol. The summed E-state index contributed by atoms with van der Waals surface area (Å²) in [5.41, 5.74) is 0.267. The van der Waals surface area contributed by atoms with Gasteiger partial charge in [0.1, 0.15) is 0 Å². The number of allylic oxidation sites excluding steroid dienone is 2. The number of carbonyl (C=O) groups excluding carboxylic acids is 1. The number of carboxylic acid groups (broad SMARTS) is 1. The van der Waals surface area contributed by atoms with E-state index < -0.39 is 5.97 Å². The molecule has 1 aliphatic carbocycles. The van der Waals surface area contributed by atoms with Gasteiger partial charge in [-0.1, -0.05) is 32.1 Å². The van der Waals surface area contributed by atoms with Crippen molar-refractivity contribution in [3.63, 3.8) is 0 Å². The molecule has 1 rings (SSSR count). The zero-order chi connectivity index (χ0) is 16.7. The molecule has 0 saturated heterocycles. The number of carbonyl (C=O) groups is 2. The molecule has 1 aliphatic rings. The van der Waals surface area contributed by atoms with E-state index in [4.69, 9.17) is 9.84 Å². The van der Waals surface area contributed by atoms with Crippen molar-refractivity contribution < 1.29 is 19.4 Å². The van der Waals surface area contributed by atoms with Gasteiger partial charge in [-0.15, -0.1) is 0 Å². The Hall–Kier alpha value is -1.88. The molecule has 0 fully saturated rings. The Labute approximate surface area is 127 Å². The number of ether oxygens (including phenoxy) is 1. The van der Waals surface area contributed by atoms with Crippen LogP contribution in [0.25, 0.3) is 0 Å². The Morgan fingerprint density at radius 2 is 1.90 bits per heavy atom. The van der Waals surface area contributed by atoms with E-state index in [-0.39, 0.29) is 17.6 Å². The first kappa shape index (κ1) is 21.4. The zero-order valence-corrected chi connectivity index (χ0v) is 13.6. The van der Waals surface area contributed by atoms with Crippen LogP contribution in [-0.4, -0.2) is 36.2 Å². The maximum absolute atomic E-state index is 10.7. The lowest BCUT2D eigenvalue weighted by molar-refractivity contribution is -0.132.